The first kappa shape index (κ1) is 14.1. The second-order valence-electron chi connectivity index (χ2n) is 3.28. The second-order valence-corrected chi connectivity index (χ2v) is 3.28. The minimum atomic E-state index is 0.500. The van der Waals surface area contributed by atoms with Gasteiger partial charge >= 0.3 is 0 Å². The van der Waals surface area contributed by atoms with Crippen LogP contribution in [0.5, 0.6) is 0 Å². The van der Waals surface area contributed by atoms with E-state index in [0.717, 1.165) is 11.2 Å². The molecule has 0 unspecified atom stereocenters. The summed E-state index contributed by atoms with van der Waals surface area (Å²) in [5.74, 6) is 0. The van der Waals surface area contributed by atoms with E-state index in [2.05, 4.69) is 12.1 Å². The molecular weight excluding hydrogens is 244 g/mol. The average Bonchev–Trinajstić information content (AvgIpc) is 2.79. The van der Waals surface area contributed by atoms with Crippen LogP contribution in [0.1, 0.15) is 0 Å². The van der Waals surface area contributed by atoms with E-state index in [1.807, 2.05) is 36.4 Å². The maximum Gasteiger partial charge on any atom is 0.135 e. The fraction of sp³-hybridized carbons (Fsp3) is 0. The van der Waals surface area contributed by atoms with Crippen LogP contribution in [-0.2, 0) is 9.59 Å². The summed E-state index contributed by atoms with van der Waals surface area (Å²) in [6, 6.07) is 16.2. The van der Waals surface area contributed by atoms with Gasteiger partial charge in [0, 0.05) is 10.8 Å². The van der Waals surface area contributed by atoms with E-state index < -0.39 is 0 Å². The van der Waals surface area contributed by atoms with Crippen LogP contribution in [0, 0.1) is 0 Å². The first-order valence-electron chi connectivity index (χ1n) is 5.17. The van der Waals surface area contributed by atoms with Gasteiger partial charge in [0.2, 0.25) is 0 Å². The SMILES string of the molecule is [N-]=C=O.[N-]=C=O.c1ccc2c(c1)oc1ccccc12. The molecule has 3 aromatic rings. The molecule has 2 aromatic carbocycles. The maximum absolute atomic E-state index is 8.24. The molecule has 19 heavy (non-hydrogen) atoms. The van der Waals surface area contributed by atoms with Gasteiger partial charge < -0.3 is 15.2 Å². The number of rotatable bonds is 0. The molecule has 0 radical (unpaired) electrons. The zero-order chi connectivity index (χ0) is 14.1. The van der Waals surface area contributed by atoms with Gasteiger partial charge in [-0.1, -0.05) is 36.4 Å². The standard InChI is InChI=1S/C12H8O.2CNO/c1-3-7-11-9(5-1)10-6-2-4-8-12(10)13-11;2*2-1-3/h1-8H;;/q;2*-1. The Hall–Kier alpha value is -3.00. The van der Waals surface area contributed by atoms with Crippen LogP contribution in [0.4, 0.5) is 0 Å². The molecule has 0 amide bonds. The number of nitrogens with zero attached hydrogens (tertiary/aromatic N) is 2. The molecule has 0 aliphatic heterocycles. The number of furan rings is 1. The summed E-state index contributed by atoms with van der Waals surface area (Å²) in [5, 5.41) is 15.9. The predicted octanol–water partition coefficient (Wildman–Crippen LogP) is 3.37. The van der Waals surface area contributed by atoms with E-state index in [9.17, 15) is 0 Å². The normalized spacial score (nSPS) is 8.42. The zero-order valence-electron chi connectivity index (χ0n) is 9.74. The van der Waals surface area contributed by atoms with Crippen LogP contribution in [0.15, 0.2) is 52.9 Å². The van der Waals surface area contributed by atoms with Crippen LogP contribution in [-0.4, -0.2) is 12.2 Å². The van der Waals surface area contributed by atoms with Crippen LogP contribution in [0.2, 0.25) is 0 Å². The molecule has 0 bridgehead atoms. The Labute approximate surface area is 108 Å². The highest BCUT2D eigenvalue weighted by atomic mass is 16.3. The molecule has 94 valence electrons. The Kier molecular flexibility index (Phi) is 5.44. The van der Waals surface area contributed by atoms with Gasteiger partial charge in [-0.05, 0) is 24.3 Å². The zero-order valence-corrected chi connectivity index (χ0v) is 9.74. The second kappa shape index (κ2) is 7.35. The molecule has 5 heteroatoms. The molecule has 0 fully saturated rings. The monoisotopic (exact) mass is 252 g/mol. The molecule has 0 aliphatic carbocycles. The summed E-state index contributed by atoms with van der Waals surface area (Å²) >= 11 is 0. The van der Waals surface area contributed by atoms with E-state index in [4.69, 9.17) is 24.8 Å². The summed E-state index contributed by atoms with van der Waals surface area (Å²) in [7, 11) is 0. The van der Waals surface area contributed by atoms with Gasteiger partial charge in [-0.25, -0.2) is 0 Å². The minimum absolute atomic E-state index is 0.500. The van der Waals surface area contributed by atoms with Crippen LogP contribution >= 0.6 is 0 Å². The number of isocyanates is 2. The number of para-hydroxylation sites is 2. The lowest BCUT2D eigenvalue weighted by molar-refractivity contribution is 0.568. The number of hydrogen-bond acceptors (Lipinski definition) is 3. The van der Waals surface area contributed by atoms with Crippen molar-refractivity contribution < 1.29 is 14.0 Å². The van der Waals surface area contributed by atoms with E-state index in [-0.39, 0.29) is 0 Å². The Morgan fingerprint density at radius 1 is 0.737 bits per heavy atom. The van der Waals surface area contributed by atoms with Crippen molar-refractivity contribution in [1.29, 1.82) is 0 Å². The molecule has 3 rings (SSSR count). The molecule has 0 atom stereocenters. The quantitative estimate of drug-likeness (QED) is 0.453. The summed E-state index contributed by atoms with van der Waals surface area (Å²) in [4.78, 5) is 16.5. The first-order valence-corrected chi connectivity index (χ1v) is 5.17. The molecule has 1 aromatic heterocycles. The Morgan fingerprint density at radius 3 is 1.42 bits per heavy atom. The summed E-state index contributed by atoms with van der Waals surface area (Å²) < 4.78 is 5.65. The van der Waals surface area contributed by atoms with Crippen molar-refractivity contribution >= 4 is 34.1 Å². The van der Waals surface area contributed by atoms with Crippen molar-refractivity contribution in [3.63, 3.8) is 0 Å². The highest BCUT2D eigenvalue weighted by molar-refractivity contribution is 6.04. The third-order valence-corrected chi connectivity index (χ3v) is 2.28. The van der Waals surface area contributed by atoms with Crippen molar-refractivity contribution in [3.05, 3.63) is 59.3 Å². The fourth-order valence-corrected chi connectivity index (χ4v) is 1.67. The minimum Gasteiger partial charge on any atom is -0.724 e. The third-order valence-electron chi connectivity index (χ3n) is 2.28. The van der Waals surface area contributed by atoms with Gasteiger partial charge in [0.1, 0.15) is 11.2 Å². The van der Waals surface area contributed by atoms with Gasteiger partial charge in [-0.3, -0.25) is 9.59 Å². The van der Waals surface area contributed by atoms with Crippen molar-refractivity contribution in [3.8, 4) is 0 Å². The van der Waals surface area contributed by atoms with Gasteiger partial charge in [0.25, 0.3) is 0 Å². The fourth-order valence-electron chi connectivity index (χ4n) is 1.67. The molecular formula is C14H8N2O3-2. The van der Waals surface area contributed by atoms with Crippen molar-refractivity contribution in [2.75, 3.05) is 0 Å². The summed E-state index contributed by atoms with van der Waals surface area (Å²) in [6.45, 7) is 0. The van der Waals surface area contributed by atoms with E-state index in [1.54, 1.807) is 0 Å². The Bertz CT molecular complexity index is 672. The van der Waals surface area contributed by atoms with E-state index in [1.165, 1.54) is 10.8 Å². The van der Waals surface area contributed by atoms with Gasteiger partial charge in [0.15, 0.2) is 0 Å². The smallest absolute Gasteiger partial charge is 0.135 e. The van der Waals surface area contributed by atoms with Crippen LogP contribution in [0.3, 0.4) is 0 Å². The number of hydrogen-bond donors (Lipinski definition) is 0. The highest BCUT2D eigenvalue weighted by Gasteiger charge is 2.03. The van der Waals surface area contributed by atoms with Crippen LogP contribution in [0.25, 0.3) is 32.8 Å². The summed E-state index contributed by atoms with van der Waals surface area (Å²) in [6.07, 6.45) is 1.00. The summed E-state index contributed by atoms with van der Waals surface area (Å²) in [5.41, 5.74) is 1.92. The molecule has 0 saturated heterocycles. The number of carbonyl (C=O) groups excluding carboxylic acids is 2. The first-order chi connectivity index (χ1) is 9.28. The lowest BCUT2D eigenvalue weighted by Crippen LogP contribution is -1.62. The van der Waals surface area contributed by atoms with Crippen molar-refractivity contribution in [2.24, 2.45) is 0 Å². The van der Waals surface area contributed by atoms with Crippen molar-refractivity contribution in [1.82, 2.24) is 0 Å². The Morgan fingerprint density at radius 2 is 1.05 bits per heavy atom. The Balaban J connectivity index is 0.000000261. The van der Waals surface area contributed by atoms with Crippen LogP contribution < -0.4 is 0 Å². The number of benzene rings is 2. The van der Waals surface area contributed by atoms with E-state index in [0.29, 0.717) is 12.2 Å². The largest absolute Gasteiger partial charge is 0.724 e. The molecule has 0 saturated carbocycles. The van der Waals surface area contributed by atoms with Gasteiger partial charge in [0.05, 0.1) is 0 Å². The number of fused-ring (bicyclic) bond motifs is 3. The maximum atomic E-state index is 8.24. The van der Waals surface area contributed by atoms with Gasteiger partial charge in [-0.15, -0.1) is 0 Å². The van der Waals surface area contributed by atoms with Crippen molar-refractivity contribution in [2.45, 2.75) is 0 Å². The highest BCUT2D eigenvalue weighted by Crippen LogP contribution is 2.27. The lowest BCUT2D eigenvalue weighted by atomic mass is 10.2. The molecule has 0 N–H and O–H groups in total. The average molecular weight is 252 g/mol. The molecule has 0 aliphatic rings. The van der Waals surface area contributed by atoms with Gasteiger partial charge in [-0.2, -0.15) is 0 Å². The molecule has 0 spiro atoms. The van der Waals surface area contributed by atoms with E-state index >= 15 is 0 Å². The third kappa shape index (κ3) is 3.48. The topological polar surface area (TPSA) is 91.9 Å². The molecule has 5 nitrogen and oxygen atoms in total. The lowest BCUT2D eigenvalue weighted by Gasteiger charge is -1.85. The molecule has 1 heterocycles. The predicted molar refractivity (Wildman–Crippen MR) is 71.8 cm³/mol.